The summed E-state index contributed by atoms with van der Waals surface area (Å²) in [5, 5.41) is 11.7. The molecule has 6 heteroatoms. The summed E-state index contributed by atoms with van der Waals surface area (Å²) in [7, 11) is 1.77. The van der Waals surface area contributed by atoms with Crippen molar-refractivity contribution >= 4 is 23.4 Å². The molecular weight excluding hydrogens is 208 g/mol. The number of aryl methyl sites for hydroxylation is 1. The maximum atomic E-state index is 5.68. The molecule has 0 amide bonds. The molecule has 4 nitrogen and oxygen atoms in total. The smallest absolute Gasteiger partial charge is 0.167 e. The average molecular weight is 221 g/mol. The van der Waals surface area contributed by atoms with Crippen LogP contribution in [0, 0.1) is 5.92 Å². The van der Waals surface area contributed by atoms with Crippen LogP contribution in [0.4, 0.5) is 0 Å². The number of tetrazole rings is 1. The molecule has 0 spiro atoms. The molecule has 0 aliphatic carbocycles. The Kier molecular flexibility index (Phi) is 4.52. The van der Waals surface area contributed by atoms with Crippen LogP contribution in [0.15, 0.2) is 0 Å². The lowest BCUT2D eigenvalue weighted by molar-refractivity contribution is 0.628. The van der Waals surface area contributed by atoms with Gasteiger partial charge in [0.05, 0.1) is 12.8 Å². The highest BCUT2D eigenvalue weighted by Gasteiger charge is 2.03. The molecule has 0 radical (unpaired) electrons. The number of rotatable bonds is 5. The Bertz CT molecular complexity index is 252. The van der Waals surface area contributed by atoms with Crippen molar-refractivity contribution in [3.63, 3.8) is 0 Å². The largest absolute Gasteiger partial charge is 0.184 e. The molecule has 13 heavy (non-hydrogen) atoms. The first-order valence-electron chi connectivity index (χ1n) is 4.09. The van der Waals surface area contributed by atoms with Crippen molar-refractivity contribution in [2.75, 3.05) is 11.6 Å². The van der Waals surface area contributed by atoms with Crippen molar-refractivity contribution in [2.24, 2.45) is 13.0 Å². The van der Waals surface area contributed by atoms with Crippen molar-refractivity contribution in [2.45, 2.75) is 12.7 Å². The van der Waals surface area contributed by atoms with Crippen LogP contribution in [0.1, 0.15) is 12.7 Å². The molecule has 0 N–H and O–H groups in total. The SMILES string of the molecule is CC(CCl)CSCc1nnn(C)n1. The minimum Gasteiger partial charge on any atom is -0.167 e. The summed E-state index contributed by atoms with van der Waals surface area (Å²) in [6.07, 6.45) is 0. The van der Waals surface area contributed by atoms with Crippen LogP contribution in [0.25, 0.3) is 0 Å². The Morgan fingerprint density at radius 2 is 2.38 bits per heavy atom. The molecule has 1 rings (SSSR count). The normalized spacial score (nSPS) is 13.2. The van der Waals surface area contributed by atoms with E-state index in [-0.39, 0.29) is 0 Å². The molecule has 0 bridgehead atoms. The molecule has 1 unspecified atom stereocenters. The van der Waals surface area contributed by atoms with Crippen molar-refractivity contribution in [3.8, 4) is 0 Å². The summed E-state index contributed by atoms with van der Waals surface area (Å²) >= 11 is 7.47. The van der Waals surface area contributed by atoms with Gasteiger partial charge in [0.15, 0.2) is 5.82 Å². The fraction of sp³-hybridized carbons (Fsp3) is 0.857. The molecule has 0 aromatic carbocycles. The maximum Gasteiger partial charge on any atom is 0.184 e. The fourth-order valence-corrected chi connectivity index (χ4v) is 1.95. The molecular formula is C7H13ClN4S. The number of thioether (sulfide) groups is 1. The van der Waals surface area contributed by atoms with E-state index >= 15 is 0 Å². The van der Waals surface area contributed by atoms with Gasteiger partial charge < -0.3 is 0 Å². The van der Waals surface area contributed by atoms with Crippen LogP contribution >= 0.6 is 23.4 Å². The van der Waals surface area contributed by atoms with E-state index in [9.17, 15) is 0 Å². The van der Waals surface area contributed by atoms with Gasteiger partial charge in [-0.2, -0.15) is 16.6 Å². The van der Waals surface area contributed by atoms with E-state index in [1.165, 1.54) is 4.80 Å². The third-order valence-electron chi connectivity index (χ3n) is 1.45. The van der Waals surface area contributed by atoms with Crippen LogP contribution in [-0.4, -0.2) is 31.8 Å². The summed E-state index contributed by atoms with van der Waals surface area (Å²) in [6, 6.07) is 0. The molecule has 74 valence electrons. The summed E-state index contributed by atoms with van der Waals surface area (Å²) in [5.74, 6) is 3.90. The lowest BCUT2D eigenvalue weighted by atomic mass is 10.3. The van der Waals surface area contributed by atoms with Crippen molar-refractivity contribution in [1.82, 2.24) is 20.2 Å². The van der Waals surface area contributed by atoms with Crippen LogP contribution in [0.2, 0.25) is 0 Å². The van der Waals surface area contributed by atoms with Gasteiger partial charge in [0.1, 0.15) is 0 Å². The van der Waals surface area contributed by atoms with E-state index in [4.69, 9.17) is 11.6 Å². The van der Waals surface area contributed by atoms with E-state index in [1.54, 1.807) is 18.8 Å². The molecule has 0 saturated heterocycles. The minimum atomic E-state index is 0.545. The number of hydrogen-bond acceptors (Lipinski definition) is 4. The van der Waals surface area contributed by atoms with Gasteiger partial charge in [0, 0.05) is 5.88 Å². The maximum absolute atomic E-state index is 5.68. The number of nitrogens with zero attached hydrogens (tertiary/aromatic N) is 4. The van der Waals surface area contributed by atoms with Gasteiger partial charge in [-0.25, -0.2) is 0 Å². The summed E-state index contributed by atoms with van der Waals surface area (Å²) < 4.78 is 0. The first-order chi connectivity index (χ1) is 6.22. The first kappa shape index (κ1) is 10.8. The van der Waals surface area contributed by atoms with E-state index < -0.39 is 0 Å². The van der Waals surface area contributed by atoms with Crippen molar-refractivity contribution in [3.05, 3.63) is 5.82 Å². The molecule has 1 aromatic rings. The second kappa shape index (κ2) is 5.44. The molecule has 1 aromatic heterocycles. The average Bonchev–Trinajstić information content (AvgIpc) is 2.51. The Balaban J connectivity index is 2.20. The fourth-order valence-electron chi connectivity index (χ4n) is 0.777. The minimum absolute atomic E-state index is 0.545. The Hall–Kier alpha value is -0.290. The van der Waals surface area contributed by atoms with Gasteiger partial charge >= 0.3 is 0 Å². The Morgan fingerprint density at radius 3 is 2.92 bits per heavy atom. The molecule has 1 atom stereocenters. The van der Waals surface area contributed by atoms with Gasteiger partial charge in [-0.15, -0.1) is 21.8 Å². The molecule has 0 aliphatic rings. The highest BCUT2D eigenvalue weighted by molar-refractivity contribution is 7.98. The third-order valence-corrected chi connectivity index (χ3v) is 3.24. The lowest BCUT2D eigenvalue weighted by Crippen LogP contribution is -2.00. The Morgan fingerprint density at radius 1 is 1.62 bits per heavy atom. The zero-order valence-corrected chi connectivity index (χ0v) is 9.35. The molecule has 1 heterocycles. The molecule has 0 saturated carbocycles. The zero-order chi connectivity index (χ0) is 9.68. The zero-order valence-electron chi connectivity index (χ0n) is 7.77. The predicted octanol–water partition coefficient (Wildman–Crippen LogP) is 1.32. The van der Waals surface area contributed by atoms with E-state index in [0.29, 0.717) is 11.8 Å². The second-order valence-electron chi connectivity index (χ2n) is 2.97. The van der Waals surface area contributed by atoms with Crippen LogP contribution in [0.3, 0.4) is 0 Å². The van der Waals surface area contributed by atoms with Crippen LogP contribution in [0.5, 0.6) is 0 Å². The standard InChI is InChI=1S/C7H13ClN4S/c1-6(3-8)4-13-5-7-9-11-12(2)10-7/h6H,3-5H2,1-2H3. The number of hydrogen-bond donors (Lipinski definition) is 0. The quantitative estimate of drug-likeness (QED) is 0.703. The highest BCUT2D eigenvalue weighted by atomic mass is 35.5. The van der Waals surface area contributed by atoms with Gasteiger partial charge in [-0.1, -0.05) is 6.92 Å². The summed E-state index contributed by atoms with van der Waals surface area (Å²) in [6.45, 7) is 2.13. The van der Waals surface area contributed by atoms with E-state index in [1.807, 2.05) is 0 Å². The number of halogens is 1. The number of alkyl halides is 1. The summed E-state index contributed by atoms with van der Waals surface area (Å²) in [5.41, 5.74) is 0. The predicted molar refractivity (Wildman–Crippen MR) is 54.8 cm³/mol. The Labute approximate surface area is 87.0 Å². The van der Waals surface area contributed by atoms with Crippen molar-refractivity contribution < 1.29 is 0 Å². The van der Waals surface area contributed by atoms with Gasteiger partial charge in [-0.3, -0.25) is 0 Å². The van der Waals surface area contributed by atoms with Gasteiger partial charge in [0.2, 0.25) is 0 Å². The molecule has 0 aliphatic heterocycles. The van der Waals surface area contributed by atoms with Crippen LogP contribution < -0.4 is 0 Å². The lowest BCUT2D eigenvalue weighted by Gasteiger charge is -2.03. The van der Waals surface area contributed by atoms with E-state index in [2.05, 4.69) is 22.3 Å². The van der Waals surface area contributed by atoms with Crippen molar-refractivity contribution in [1.29, 1.82) is 0 Å². The van der Waals surface area contributed by atoms with Gasteiger partial charge in [0.25, 0.3) is 0 Å². The number of aromatic nitrogens is 4. The summed E-state index contributed by atoms with van der Waals surface area (Å²) in [4.78, 5) is 1.47. The monoisotopic (exact) mass is 220 g/mol. The van der Waals surface area contributed by atoms with E-state index in [0.717, 1.165) is 17.3 Å². The van der Waals surface area contributed by atoms with Gasteiger partial charge in [-0.05, 0) is 16.9 Å². The molecule has 0 fully saturated rings. The second-order valence-corrected chi connectivity index (χ2v) is 4.31. The highest BCUT2D eigenvalue weighted by Crippen LogP contribution is 2.13. The van der Waals surface area contributed by atoms with Crippen LogP contribution in [-0.2, 0) is 12.8 Å². The topological polar surface area (TPSA) is 43.6 Å². The third kappa shape index (κ3) is 3.95. The first-order valence-corrected chi connectivity index (χ1v) is 5.78.